The summed E-state index contributed by atoms with van der Waals surface area (Å²) in [7, 11) is 1.53. The van der Waals surface area contributed by atoms with Gasteiger partial charge in [-0.3, -0.25) is 14.9 Å². The van der Waals surface area contributed by atoms with Crippen LogP contribution in [-0.2, 0) is 4.79 Å². The number of hydrogen-bond donors (Lipinski definition) is 3. The zero-order valence-corrected chi connectivity index (χ0v) is 9.27. The third kappa shape index (κ3) is 3.93. The molecule has 0 aliphatic heterocycles. The molecule has 0 unspecified atom stereocenters. The number of nitrogens with zero attached hydrogens (tertiary/aromatic N) is 2. The van der Waals surface area contributed by atoms with E-state index in [1.807, 2.05) is 0 Å². The molecule has 0 saturated carbocycles. The smallest absolute Gasteiger partial charge is 0.276 e. The lowest BCUT2D eigenvalue weighted by Crippen LogP contribution is -2.21. The quantitative estimate of drug-likeness (QED) is 0.495. The molecule has 0 aromatic carbocycles. The number of anilines is 2. The molecule has 0 bridgehead atoms. The number of carbonyl (C=O) groups is 1. The molecule has 0 saturated heterocycles. The van der Waals surface area contributed by atoms with Crippen LogP contribution >= 0.6 is 0 Å². The first kappa shape index (κ1) is 12.7. The first-order chi connectivity index (χ1) is 8.02. The first-order valence-corrected chi connectivity index (χ1v) is 4.89. The fraction of sp³-hybridized carbons (Fsp3) is 0.333. The van der Waals surface area contributed by atoms with Gasteiger partial charge in [0.2, 0.25) is 5.91 Å². The van der Waals surface area contributed by atoms with Crippen LogP contribution in [0.25, 0.3) is 0 Å². The van der Waals surface area contributed by atoms with Gasteiger partial charge in [0.1, 0.15) is 11.6 Å². The summed E-state index contributed by atoms with van der Waals surface area (Å²) in [6.45, 7) is 0.327. The van der Waals surface area contributed by atoms with Crippen LogP contribution in [0.4, 0.5) is 17.3 Å². The van der Waals surface area contributed by atoms with Crippen LogP contribution in [0.15, 0.2) is 12.1 Å². The van der Waals surface area contributed by atoms with Crippen molar-refractivity contribution in [2.45, 2.75) is 6.42 Å². The van der Waals surface area contributed by atoms with Gasteiger partial charge >= 0.3 is 0 Å². The van der Waals surface area contributed by atoms with Gasteiger partial charge in [-0.2, -0.15) is 0 Å². The monoisotopic (exact) mass is 239 g/mol. The van der Waals surface area contributed by atoms with Crippen LogP contribution in [0.1, 0.15) is 6.42 Å². The number of pyridine rings is 1. The van der Waals surface area contributed by atoms with Crippen LogP contribution in [0, 0.1) is 10.1 Å². The van der Waals surface area contributed by atoms with Crippen LogP contribution < -0.4 is 16.4 Å². The average Bonchev–Trinajstić information content (AvgIpc) is 2.28. The molecular formula is C9H13N5O3. The number of carbonyl (C=O) groups excluding carboxylic acids is 1. The molecule has 1 heterocycles. The Balaban J connectivity index is 2.65. The summed E-state index contributed by atoms with van der Waals surface area (Å²) < 4.78 is 0. The van der Waals surface area contributed by atoms with Gasteiger partial charge in [-0.15, -0.1) is 0 Å². The van der Waals surface area contributed by atoms with E-state index >= 15 is 0 Å². The Morgan fingerprint density at radius 1 is 1.59 bits per heavy atom. The predicted molar refractivity (Wildman–Crippen MR) is 62.5 cm³/mol. The molecule has 1 amide bonds. The second kappa shape index (κ2) is 5.64. The van der Waals surface area contributed by atoms with Crippen molar-refractivity contribution >= 4 is 23.2 Å². The molecule has 17 heavy (non-hydrogen) atoms. The lowest BCUT2D eigenvalue weighted by Gasteiger charge is -2.05. The Hall–Kier alpha value is -2.38. The Morgan fingerprint density at radius 2 is 2.29 bits per heavy atom. The largest absolute Gasteiger partial charge is 0.383 e. The molecule has 1 aromatic heterocycles. The Labute approximate surface area is 97.4 Å². The Bertz CT molecular complexity index is 435. The summed E-state index contributed by atoms with van der Waals surface area (Å²) in [5.41, 5.74) is 5.28. The maximum atomic E-state index is 10.9. The number of amides is 1. The van der Waals surface area contributed by atoms with Crippen molar-refractivity contribution in [3.63, 3.8) is 0 Å². The maximum absolute atomic E-state index is 10.9. The number of aromatic nitrogens is 1. The van der Waals surface area contributed by atoms with Gasteiger partial charge in [0, 0.05) is 20.0 Å². The SMILES string of the molecule is CNC(=O)CCNc1cc([N+](=O)[O-])cc(N)n1. The molecule has 4 N–H and O–H groups in total. The zero-order chi connectivity index (χ0) is 12.8. The minimum atomic E-state index is -0.554. The molecule has 92 valence electrons. The molecule has 0 aliphatic carbocycles. The highest BCUT2D eigenvalue weighted by Crippen LogP contribution is 2.18. The van der Waals surface area contributed by atoms with Gasteiger partial charge in [0.05, 0.1) is 17.1 Å². The number of nitrogen functional groups attached to an aromatic ring is 1. The summed E-state index contributed by atoms with van der Waals surface area (Å²) in [5.74, 6) is 0.207. The zero-order valence-electron chi connectivity index (χ0n) is 9.27. The van der Waals surface area contributed by atoms with E-state index < -0.39 is 4.92 Å². The van der Waals surface area contributed by atoms with Crippen LogP contribution in [0.2, 0.25) is 0 Å². The summed E-state index contributed by atoms with van der Waals surface area (Å²) >= 11 is 0. The van der Waals surface area contributed by atoms with Crippen LogP contribution in [-0.4, -0.2) is 29.4 Å². The summed E-state index contributed by atoms with van der Waals surface area (Å²) in [5, 5.41) is 15.8. The molecule has 8 nitrogen and oxygen atoms in total. The number of nitrogens with two attached hydrogens (primary N) is 1. The third-order valence-electron chi connectivity index (χ3n) is 1.98. The fourth-order valence-electron chi connectivity index (χ4n) is 1.16. The molecule has 0 atom stereocenters. The Morgan fingerprint density at radius 3 is 2.88 bits per heavy atom. The van der Waals surface area contributed by atoms with Crippen molar-refractivity contribution in [3.05, 3.63) is 22.2 Å². The summed E-state index contributed by atoms with van der Waals surface area (Å²) in [6, 6.07) is 2.43. The van der Waals surface area contributed by atoms with Crippen molar-refractivity contribution in [1.29, 1.82) is 0 Å². The minimum absolute atomic E-state index is 0.0571. The van der Waals surface area contributed by atoms with E-state index in [0.717, 1.165) is 0 Å². The standard InChI is InChI=1S/C9H13N5O3/c1-11-9(15)2-3-12-8-5-6(14(16)17)4-7(10)13-8/h4-5H,2-3H2,1H3,(H,11,15)(H3,10,12,13). The van der Waals surface area contributed by atoms with Crippen LogP contribution in [0.3, 0.4) is 0 Å². The van der Waals surface area contributed by atoms with E-state index in [1.165, 1.54) is 19.2 Å². The van der Waals surface area contributed by atoms with E-state index in [1.54, 1.807) is 0 Å². The second-order valence-corrected chi connectivity index (χ2v) is 3.24. The molecule has 1 rings (SSSR count). The highest BCUT2D eigenvalue weighted by atomic mass is 16.6. The van der Waals surface area contributed by atoms with Gasteiger partial charge in [0.15, 0.2) is 0 Å². The molecule has 0 aliphatic rings. The lowest BCUT2D eigenvalue weighted by molar-refractivity contribution is -0.384. The summed E-state index contributed by atoms with van der Waals surface area (Å²) in [4.78, 5) is 24.8. The van der Waals surface area contributed by atoms with E-state index in [4.69, 9.17) is 5.73 Å². The van der Waals surface area contributed by atoms with E-state index in [-0.39, 0.29) is 29.7 Å². The number of nitro groups is 1. The van der Waals surface area contributed by atoms with Crippen molar-refractivity contribution in [2.75, 3.05) is 24.6 Å². The van der Waals surface area contributed by atoms with E-state index in [2.05, 4.69) is 15.6 Å². The molecule has 0 radical (unpaired) electrons. The Kier molecular flexibility index (Phi) is 4.21. The number of hydrogen-bond acceptors (Lipinski definition) is 6. The van der Waals surface area contributed by atoms with Gasteiger partial charge in [-0.05, 0) is 0 Å². The highest BCUT2D eigenvalue weighted by Gasteiger charge is 2.09. The predicted octanol–water partition coefficient (Wildman–Crippen LogP) is 0.120. The first-order valence-electron chi connectivity index (χ1n) is 4.89. The van der Waals surface area contributed by atoms with Crippen molar-refractivity contribution in [1.82, 2.24) is 10.3 Å². The molecule has 1 aromatic rings. The van der Waals surface area contributed by atoms with Crippen LogP contribution in [0.5, 0.6) is 0 Å². The van der Waals surface area contributed by atoms with Gasteiger partial charge in [-0.25, -0.2) is 4.98 Å². The van der Waals surface area contributed by atoms with Gasteiger partial charge in [0.25, 0.3) is 5.69 Å². The normalized spacial score (nSPS) is 9.71. The minimum Gasteiger partial charge on any atom is -0.383 e. The third-order valence-corrected chi connectivity index (χ3v) is 1.98. The highest BCUT2D eigenvalue weighted by molar-refractivity contribution is 5.76. The number of rotatable bonds is 5. The van der Waals surface area contributed by atoms with E-state index in [9.17, 15) is 14.9 Å². The number of nitrogens with one attached hydrogen (secondary N) is 2. The van der Waals surface area contributed by atoms with Crippen molar-refractivity contribution in [2.24, 2.45) is 0 Å². The topological polar surface area (TPSA) is 123 Å². The lowest BCUT2D eigenvalue weighted by atomic mass is 10.3. The van der Waals surface area contributed by atoms with E-state index in [0.29, 0.717) is 6.54 Å². The molecule has 0 fully saturated rings. The molecule has 0 spiro atoms. The van der Waals surface area contributed by atoms with Crippen molar-refractivity contribution in [3.8, 4) is 0 Å². The second-order valence-electron chi connectivity index (χ2n) is 3.24. The van der Waals surface area contributed by atoms with Gasteiger partial charge < -0.3 is 16.4 Å². The van der Waals surface area contributed by atoms with Gasteiger partial charge in [-0.1, -0.05) is 0 Å². The van der Waals surface area contributed by atoms with Crippen molar-refractivity contribution < 1.29 is 9.72 Å². The molecular weight excluding hydrogens is 226 g/mol. The average molecular weight is 239 g/mol. The maximum Gasteiger partial charge on any atom is 0.276 e. The summed E-state index contributed by atoms with van der Waals surface area (Å²) in [6.07, 6.45) is 0.251. The fourth-order valence-corrected chi connectivity index (χ4v) is 1.16. The molecule has 8 heteroatoms.